The van der Waals surface area contributed by atoms with Crippen molar-refractivity contribution >= 4 is 70.2 Å². The van der Waals surface area contributed by atoms with E-state index in [0.717, 1.165) is 0 Å². The van der Waals surface area contributed by atoms with E-state index in [-0.39, 0.29) is 46.7 Å². The van der Waals surface area contributed by atoms with Gasteiger partial charge in [0.1, 0.15) is 0 Å². The van der Waals surface area contributed by atoms with E-state index in [9.17, 15) is 13.7 Å². The zero-order valence-corrected chi connectivity index (χ0v) is 16.4. The van der Waals surface area contributed by atoms with E-state index in [2.05, 4.69) is 8.62 Å². The SMILES string of the molecule is Cl.O=P(O)(O)OP(=O)(O)OP(=O)(O)O.P.[SbH3]. The Balaban J connectivity index is -0.000000240. The molecule has 0 spiro atoms. The molecule has 0 bridgehead atoms. The molecule has 10 nitrogen and oxygen atoms in total. The summed E-state index contributed by atoms with van der Waals surface area (Å²) < 4.78 is 36.4. The van der Waals surface area contributed by atoms with Gasteiger partial charge in [-0.05, 0) is 0 Å². The molecular weight excluding hydrogens is 441 g/mol. The summed E-state index contributed by atoms with van der Waals surface area (Å²) in [5.74, 6) is 0. The Morgan fingerprint density at radius 3 is 1.06 bits per heavy atom. The van der Waals surface area contributed by atoms with Crippen LogP contribution in [0.1, 0.15) is 0 Å². The quantitative estimate of drug-likeness (QED) is 0.252. The van der Waals surface area contributed by atoms with Crippen molar-refractivity contribution in [2.24, 2.45) is 0 Å². The first kappa shape index (κ1) is 26.5. The van der Waals surface area contributed by atoms with Crippen LogP contribution in [-0.4, -0.2) is 48.9 Å². The van der Waals surface area contributed by atoms with Crippen LogP contribution in [0, 0.1) is 0 Å². The van der Waals surface area contributed by atoms with E-state index >= 15 is 0 Å². The summed E-state index contributed by atoms with van der Waals surface area (Å²) in [6, 6.07) is 0. The first-order valence-electron chi connectivity index (χ1n) is 2.28. The van der Waals surface area contributed by atoms with E-state index in [4.69, 9.17) is 24.5 Å². The monoisotopic (exact) mass is 452 g/mol. The van der Waals surface area contributed by atoms with Crippen LogP contribution in [0.2, 0.25) is 0 Å². The van der Waals surface area contributed by atoms with Crippen molar-refractivity contribution in [1.29, 1.82) is 0 Å². The fourth-order valence-corrected chi connectivity index (χ4v) is 2.82. The molecule has 0 aliphatic carbocycles. The van der Waals surface area contributed by atoms with Gasteiger partial charge in [0.15, 0.2) is 0 Å². The fraction of sp³-hybridized carbons (Fsp3) is 0. The molecule has 0 radical (unpaired) electrons. The third-order valence-electron chi connectivity index (χ3n) is 0.419. The summed E-state index contributed by atoms with van der Waals surface area (Å²) in [5, 5.41) is 0. The van der Waals surface area contributed by atoms with Crippen molar-refractivity contribution in [3.63, 3.8) is 0 Å². The van der Waals surface area contributed by atoms with E-state index in [0.29, 0.717) is 0 Å². The molecule has 0 saturated heterocycles. The van der Waals surface area contributed by atoms with E-state index in [1.54, 1.807) is 0 Å². The Morgan fingerprint density at radius 1 is 0.750 bits per heavy atom. The standard InChI is InChI=1S/ClH.H5O10P3.H3P.Sb.3H/c;1-11(2,3)9-13(7,8)10-12(4,5)6;;;;;/h1H;(H,7,8)(H2,1,2,3)(H2,4,5,6);1H3;;;;. The van der Waals surface area contributed by atoms with Crippen LogP contribution >= 0.6 is 45.8 Å². The Kier molecular flexibility index (Phi) is 14.8. The summed E-state index contributed by atoms with van der Waals surface area (Å²) in [6.07, 6.45) is 0. The van der Waals surface area contributed by atoms with E-state index < -0.39 is 23.5 Å². The summed E-state index contributed by atoms with van der Waals surface area (Å²) >= 11 is 0. The van der Waals surface area contributed by atoms with Crippen molar-refractivity contribution < 1.29 is 46.8 Å². The number of halogens is 1. The molecule has 0 aliphatic heterocycles. The van der Waals surface area contributed by atoms with Gasteiger partial charge in [-0.1, -0.05) is 0 Å². The second kappa shape index (κ2) is 8.95. The Hall–Kier alpha value is 1.95. The van der Waals surface area contributed by atoms with Gasteiger partial charge in [0.2, 0.25) is 0 Å². The van der Waals surface area contributed by atoms with Crippen molar-refractivity contribution in [2.75, 3.05) is 0 Å². The maximum absolute atomic E-state index is 10.4. The number of hydrogen-bond acceptors (Lipinski definition) is 5. The number of hydrogen-bond donors (Lipinski definition) is 5. The van der Waals surface area contributed by atoms with Gasteiger partial charge in [-0.2, -0.15) is 18.5 Å². The van der Waals surface area contributed by atoms with Gasteiger partial charge < -0.3 is 24.5 Å². The number of phosphoric acid groups is 3. The summed E-state index contributed by atoms with van der Waals surface area (Å²) in [5.41, 5.74) is 0. The Labute approximate surface area is 117 Å². The van der Waals surface area contributed by atoms with Crippen LogP contribution in [0.3, 0.4) is 0 Å². The molecular formula is H12ClO10P4Sb. The molecule has 0 aromatic rings. The van der Waals surface area contributed by atoms with Crippen molar-refractivity contribution in [3.8, 4) is 0 Å². The van der Waals surface area contributed by atoms with Crippen molar-refractivity contribution in [1.82, 2.24) is 0 Å². The van der Waals surface area contributed by atoms with Crippen molar-refractivity contribution in [3.05, 3.63) is 0 Å². The predicted molar refractivity (Wildman–Crippen MR) is 64.4 cm³/mol. The molecule has 104 valence electrons. The van der Waals surface area contributed by atoms with Gasteiger partial charge >= 0.3 is 47.9 Å². The first-order valence-corrected chi connectivity index (χ1v) is 6.83. The van der Waals surface area contributed by atoms with Gasteiger partial charge in [-0.3, -0.25) is 0 Å². The summed E-state index contributed by atoms with van der Waals surface area (Å²) in [7, 11) is -16.2. The molecule has 1 atom stereocenters. The fourth-order valence-electron chi connectivity index (χ4n) is 0.284. The minimum atomic E-state index is -5.46. The molecule has 0 amide bonds. The average molecular weight is 453 g/mol. The van der Waals surface area contributed by atoms with Crippen molar-refractivity contribution in [2.45, 2.75) is 0 Å². The molecule has 1 unspecified atom stereocenters. The minimum absolute atomic E-state index is 0. The van der Waals surface area contributed by atoms with Gasteiger partial charge in [0.05, 0.1) is 0 Å². The van der Waals surface area contributed by atoms with Gasteiger partial charge in [-0.15, -0.1) is 12.4 Å². The molecule has 16 heavy (non-hydrogen) atoms. The second-order valence-electron chi connectivity index (χ2n) is 1.61. The third kappa shape index (κ3) is 18.3. The van der Waals surface area contributed by atoms with Crippen LogP contribution in [0.5, 0.6) is 0 Å². The maximum atomic E-state index is 10.4. The van der Waals surface area contributed by atoms with Crippen LogP contribution in [-0.2, 0) is 22.3 Å². The molecule has 0 aromatic carbocycles. The topological polar surface area (TPSA) is 171 Å². The van der Waals surface area contributed by atoms with E-state index in [1.807, 2.05) is 0 Å². The average Bonchev–Trinajstić information content (AvgIpc) is 1.43. The molecule has 5 N–H and O–H groups in total. The predicted octanol–water partition coefficient (Wildman–Crippen LogP) is -1.40. The molecule has 0 fully saturated rings. The van der Waals surface area contributed by atoms with Gasteiger partial charge in [0, 0.05) is 0 Å². The molecule has 0 saturated carbocycles. The molecule has 0 aliphatic rings. The summed E-state index contributed by atoms with van der Waals surface area (Å²) in [4.78, 5) is 40.2. The zero-order chi connectivity index (χ0) is 10.9. The molecule has 0 aromatic heterocycles. The normalized spacial score (nSPS) is 11.8. The summed E-state index contributed by atoms with van der Waals surface area (Å²) in [6.45, 7) is 0. The van der Waals surface area contributed by atoms with Crippen LogP contribution in [0.4, 0.5) is 0 Å². The molecule has 0 rings (SSSR count). The molecule has 16 heteroatoms. The zero-order valence-electron chi connectivity index (χ0n) is 7.44. The Bertz CT molecular complexity index is 285. The van der Waals surface area contributed by atoms with Crippen LogP contribution < -0.4 is 0 Å². The third-order valence-corrected chi connectivity index (χ3v) is 3.77. The van der Waals surface area contributed by atoms with Crippen LogP contribution in [0.25, 0.3) is 0 Å². The number of rotatable bonds is 4. The second-order valence-corrected chi connectivity index (χ2v) is 5.82. The van der Waals surface area contributed by atoms with Gasteiger partial charge in [0.25, 0.3) is 0 Å². The van der Waals surface area contributed by atoms with E-state index in [1.165, 1.54) is 0 Å². The van der Waals surface area contributed by atoms with Gasteiger partial charge in [-0.25, -0.2) is 13.7 Å². The first-order chi connectivity index (χ1) is 5.41. The van der Waals surface area contributed by atoms with Crippen LogP contribution in [0.15, 0.2) is 0 Å². The Morgan fingerprint density at radius 2 is 0.938 bits per heavy atom. The molecule has 0 heterocycles.